The van der Waals surface area contributed by atoms with Crippen molar-refractivity contribution in [3.05, 3.63) is 16.6 Å². The molecule has 1 aromatic heterocycles. The number of ether oxygens (including phenoxy) is 1. The first-order valence-corrected chi connectivity index (χ1v) is 7.63. The molecule has 0 aromatic carbocycles. The maximum absolute atomic E-state index is 5.57. The van der Waals surface area contributed by atoms with Gasteiger partial charge in [0.1, 0.15) is 5.01 Å². The van der Waals surface area contributed by atoms with Gasteiger partial charge in [-0.15, -0.1) is 11.3 Å². The van der Waals surface area contributed by atoms with E-state index < -0.39 is 0 Å². The molecule has 5 heteroatoms. The minimum Gasteiger partial charge on any atom is -0.379 e. The van der Waals surface area contributed by atoms with E-state index in [2.05, 4.69) is 29.5 Å². The van der Waals surface area contributed by atoms with Gasteiger partial charge < -0.3 is 15.4 Å². The summed E-state index contributed by atoms with van der Waals surface area (Å²) in [5, 5.41) is 10.3. The fourth-order valence-corrected chi connectivity index (χ4v) is 2.89. The van der Waals surface area contributed by atoms with Gasteiger partial charge in [0.15, 0.2) is 0 Å². The summed E-state index contributed by atoms with van der Waals surface area (Å²) in [4.78, 5) is 4.34. The number of hydrogen-bond donors (Lipinski definition) is 2. The highest BCUT2D eigenvalue weighted by molar-refractivity contribution is 7.09. The summed E-state index contributed by atoms with van der Waals surface area (Å²) in [7, 11) is 0. The molecule has 4 nitrogen and oxygen atoms in total. The second-order valence-electron chi connectivity index (χ2n) is 4.86. The van der Waals surface area contributed by atoms with E-state index in [1.165, 1.54) is 6.42 Å². The SMILES string of the molecule is CCCNC1COCC1CNC(C)c1nccs1. The Morgan fingerprint density at radius 3 is 3.17 bits per heavy atom. The predicted octanol–water partition coefficient (Wildman–Crippen LogP) is 1.81. The van der Waals surface area contributed by atoms with E-state index >= 15 is 0 Å². The van der Waals surface area contributed by atoms with Crippen molar-refractivity contribution < 1.29 is 4.74 Å². The molecule has 0 radical (unpaired) electrons. The average molecular weight is 269 g/mol. The van der Waals surface area contributed by atoms with E-state index in [4.69, 9.17) is 4.74 Å². The molecule has 0 amide bonds. The van der Waals surface area contributed by atoms with E-state index in [0.29, 0.717) is 18.0 Å². The fraction of sp³-hybridized carbons (Fsp3) is 0.769. The van der Waals surface area contributed by atoms with E-state index in [0.717, 1.165) is 31.3 Å². The molecule has 102 valence electrons. The van der Waals surface area contributed by atoms with Gasteiger partial charge in [0.2, 0.25) is 0 Å². The van der Waals surface area contributed by atoms with E-state index in [9.17, 15) is 0 Å². The second-order valence-corrected chi connectivity index (χ2v) is 5.78. The lowest BCUT2D eigenvalue weighted by atomic mass is 10.0. The quantitative estimate of drug-likeness (QED) is 0.792. The van der Waals surface area contributed by atoms with Crippen LogP contribution in [0.3, 0.4) is 0 Å². The highest BCUT2D eigenvalue weighted by Gasteiger charge is 2.27. The van der Waals surface area contributed by atoms with Gasteiger partial charge in [0, 0.05) is 30.1 Å². The Bertz CT molecular complexity index is 331. The van der Waals surface area contributed by atoms with Gasteiger partial charge in [-0.25, -0.2) is 4.98 Å². The third-order valence-electron chi connectivity index (χ3n) is 3.36. The van der Waals surface area contributed by atoms with Crippen LogP contribution in [-0.2, 0) is 4.74 Å². The van der Waals surface area contributed by atoms with E-state index in [1.54, 1.807) is 11.3 Å². The first-order valence-electron chi connectivity index (χ1n) is 6.75. The molecule has 1 aromatic rings. The Balaban J connectivity index is 1.75. The summed E-state index contributed by atoms with van der Waals surface area (Å²) in [6.45, 7) is 8.13. The highest BCUT2D eigenvalue weighted by atomic mass is 32.1. The predicted molar refractivity (Wildman–Crippen MR) is 74.9 cm³/mol. The molecule has 0 saturated carbocycles. The normalized spacial score (nSPS) is 25.4. The van der Waals surface area contributed by atoms with Crippen molar-refractivity contribution in [3.63, 3.8) is 0 Å². The standard InChI is InChI=1S/C13H23N3OS/c1-3-4-14-12-9-17-8-11(12)7-16-10(2)13-15-5-6-18-13/h5-6,10-12,14,16H,3-4,7-9H2,1-2H3. The van der Waals surface area contributed by atoms with Gasteiger partial charge in [-0.2, -0.15) is 0 Å². The van der Waals surface area contributed by atoms with Crippen LogP contribution in [0, 0.1) is 5.92 Å². The molecule has 0 bridgehead atoms. The first-order chi connectivity index (χ1) is 8.81. The molecule has 1 aliphatic heterocycles. The number of aromatic nitrogens is 1. The lowest BCUT2D eigenvalue weighted by Crippen LogP contribution is -2.41. The zero-order valence-corrected chi connectivity index (χ0v) is 12.0. The van der Waals surface area contributed by atoms with Crippen molar-refractivity contribution in [2.24, 2.45) is 5.92 Å². The third-order valence-corrected chi connectivity index (χ3v) is 4.32. The lowest BCUT2D eigenvalue weighted by molar-refractivity contribution is 0.181. The largest absolute Gasteiger partial charge is 0.379 e. The Morgan fingerprint density at radius 1 is 1.56 bits per heavy atom. The van der Waals surface area contributed by atoms with Crippen LogP contribution in [0.25, 0.3) is 0 Å². The molecule has 1 fully saturated rings. The molecule has 1 aliphatic rings. The summed E-state index contributed by atoms with van der Waals surface area (Å²) in [6, 6.07) is 0.832. The molecule has 3 atom stereocenters. The second kappa shape index (κ2) is 7.19. The molecule has 3 unspecified atom stereocenters. The van der Waals surface area contributed by atoms with Gasteiger partial charge in [0.05, 0.1) is 19.3 Å². The molecule has 0 aliphatic carbocycles. The first kappa shape index (κ1) is 13.9. The van der Waals surface area contributed by atoms with Gasteiger partial charge in [-0.05, 0) is 19.9 Å². The van der Waals surface area contributed by atoms with Gasteiger partial charge in [-0.1, -0.05) is 6.92 Å². The maximum Gasteiger partial charge on any atom is 0.109 e. The molecular weight excluding hydrogens is 246 g/mol. The highest BCUT2D eigenvalue weighted by Crippen LogP contribution is 2.17. The Hall–Kier alpha value is -0.490. The van der Waals surface area contributed by atoms with Crippen LogP contribution in [0.5, 0.6) is 0 Å². The monoisotopic (exact) mass is 269 g/mol. The van der Waals surface area contributed by atoms with Crippen LogP contribution in [0.1, 0.15) is 31.3 Å². The Labute approximate surface area is 113 Å². The lowest BCUT2D eigenvalue weighted by Gasteiger charge is -2.21. The number of rotatable bonds is 7. The summed E-state index contributed by atoms with van der Waals surface area (Å²) in [5.74, 6) is 0.568. The fourth-order valence-electron chi connectivity index (χ4n) is 2.22. The Kier molecular flexibility index (Phi) is 5.56. The molecule has 2 heterocycles. The zero-order chi connectivity index (χ0) is 12.8. The van der Waals surface area contributed by atoms with Crippen LogP contribution in [0.2, 0.25) is 0 Å². The van der Waals surface area contributed by atoms with Gasteiger partial charge >= 0.3 is 0 Å². The summed E-state index contributed by atoms with van der Waals surface area (Å²) < 4.78 is 5.57. The van der Waals surface area contributed by atoms with Crippen molar-refractivity contribution in [3.8, 4) is 0 Å². The van der Waals surface area contributed by atoms with Crippen LogP contribution in [-0.4, -0.2) is 37.3 Å². The number of hydrogen-bond acceptors (Lipinski definition) is 5. The number of nitrogens with one attached hydrogen (secondary N) is 2. The number of thiazole rings is 1. The van der Waals surface area contributed by atoms with Crippen molar-refractivity contribution in [1.29, 1.82) is 0 Å². The minimum atomic E-state index is 0.331. The van der Waals surface area contributed by atoms with Crippen molar-refractivity contribution >= 4 is 11.3 Å². The van der Waals surface area contributed by atoms with Crippen LogP contribution >= 0.6 is 11.3 Å². The molecule has 18 heavy (non-hydrogen) atoms. The van der Waals surface area contributed by atoms with Crippen molar-refractivity contribution in [1.82, 2.24) is 15.6 Å². The summed E-state index contributed by atoms with van der Waals surface area (Å²) in [6.07, 6.45) is 3.04. The molecule has 2 N–H and O–H groups in total. The van der Waals surface area contributed by atoms with Crippen molar-refractivity contribution in [2.45, 2.75) is 32.4 Å². The molecular formula is C13H23N3OS. The smallest absolute Gasteiger partial charge is 0.109 e. The minimum absolute atomic E-state index is 0.331. The van der Waals surface area contributed by atoms with Crippen LogP contribution < -0.4 is 10.6 Å². The topological polar surface area (TPSA) is 46.2 Å². The van der Waals surface area contributed by atoms with Crippen LogP contribution in [0.15, 0.2) is 11.6 Å². The van der Waals surface area contributed by atoms with Gasteiger partial charge in [0.25, 0.3) is 0 Å². The van der Waals surface area contributed by atoms with Crippen LogP contribution in [0.4, 0.5) is 0 Å². The van der Waals surface area contributed by atoms with Crippen molar-refractivity contribution in [2.75, 3.05) is 26.3 Å². The average Bonchev–Trinajstić information content (AvgIpc) is 3.04. The molecule has 0 spiro atoms. The van der Waals surface area contributed by atoms with Gasteiger partial charge in [-0.3, -0.25) is 0 Å². The van der Waals surface area contributed by atoms with E-state index in [-0.39, 0.29) is 0 Å². The third kappa shape index (κ3) is 3.75. The number of nitrogens with zero attached hydrogens (tertiary/aromatic N) is 1. The molecule has 2 rings (SSSR count). The summed E-state index contributed by atoms with van der Waals surface area (Å²) in [5.41, 5.74) is 0. The molecule has 1 saturated heterocycles. The zero-order valence-electron chi connectivity index (χ0n) is 11.2. The Morgan fingerprint density at radius 2 is 2.44 bits per heavy atom. The summed E-state index contributed by atoms with van der Waals surface area (Å²) >= 11 is 1.71. The van der Waals surface area contributed by atoms with E-state index in [1.807, 2.05) is 11.6 Å². The maximum atomic E-state index is 5.57.